The molecule has 0 saturated carbocycles. The fraction of sp³-hybridized carbons (Fsp3) is 0.235. The molecule has 2 amide bonds. The molecule has 0 atom stereocenters. The zero-order valence-corrected chi connectivity index (χ0v) is 14.5. The molecule has 5 nitrogen and oxygen atoms in total. The minimum Gasteiger partial charge on any atom is -0.338 e. The first-order chi connectivity index (χ1) is 11.5. The standard InChI is InChI=1S/C17H15Cl2N3O2/c1-10(23)22-5-4-13-11(9-22)7-20-8-14(13)17(24)21-16-3-2-12(18)6-15(16)19/h2-3,6-8H,4-5,9H2,1H3,(H,21,24). The summed E-state index contributed by atoms with van der Waals surface area (Å²) >= 11 is 12.0. The van der Waals surface area contributed by atoms with Gasteiger partial charge in [0.15, 0.2) is 0 Å². The number of amides is 2. The number of fused-ring (bicyclic) bond motifs is 1. The van der Waals surface area contributed by atoms with Crippen LogP contribution in [0.5, 0.6) is 0 Å². The minimum absolute atomic E-state index is 0.0171. The predicted molar refractivity (Wildman–Crippen MR) is 93.4 cm³/mol. The highest BCUT2D eigenvalue weighted by molar-refractivity contribution is 6.36. The molecule has 1 aliphatic heterocycles. The summed E-state index contributed by atoms with van der Waals surface area (Å²) in [6.45, 7) is 2.60. The van der Waals surface area contributed by atoms with E-state index in [2.05, 4.69) is 10.3 Å². The zero-order valence-electron chi connectivity index (χ0n) is 13.0. The van der Waals surface area contributed by atoms with Gasteiger partial charge in [-0.05, 0) is 35.7 Å². The molecule has 0 spiro atoms. The van der Waals surface area contributed by atoms with Crippen LogP contribution in [0.3, 0.4) is 0 Å². The lowest BCUT2D eigenvalue weighted by Gasteiger charge is -2.28. The molecule has 0 unspecified atom stereocenters. The number of halogens is 2. The summed E-state index contributed by atoms with van der Waals surface area (Å²) in [6, 6.07) is 4.89. The number of hydrogen-bond donors (Lipinski definition) is 1. The molecule has 24 heavy (non-hydrogen) atoms. The fourth-order valence-corrected chi connectivity index (χ4v) is 3.19. The van der Waals surface area contributed by atoms with Crippen molar-refractivity contribution >= 4 is 40.7 Å². The van der Waals surface area contributed by atoms with E-state index in [1.807, 2.05) is 0 Å². The molecule has 1 aromatic carbocycles. The Labute approximate surface area is 149 Å². The highest BCUT2D eigenvalue weighted by Gasteiger charge is 2.23. The SMILES string of the molecule is CC(=O)N1CCc2c(cncc2C(=O)Nc2ccc(Cl)cc2Cl)C1. The lowest BCUT2D eigenvalue weighted by atomic mass is 9.96. The minimum atomic E-state index is -0.278. The van der Waals surface area contributed by atoms with Gasteiger partial charge >= 0.3 is 0 Å². The van der Waals surface area contributed by atoms with Crippen molar-refractivity contribution in [3.63, 3.8) is 0 Å². The van der Waals surface area contributed by atoms with Crippen molar-refractivity contribution in [2.45, 2.75) is 19.9 Å². The maximum atomic E-state index is 12.6. The number of hydrogen-bond acceptors (Lipinski definition) is 3. The van der Waals surface area contributed by atoms with Crippen molar-refractivity contribution in [1.82, 2.24) is 9.88 Å². The Balaban J connectivity index is 1.86. The average Bonchev–Trinajstić information content (AvgIpc) is 2.56. The number of carbonyl (C=O) groups is 2. The predicted octanol–water partition coefficient (Wildman–Crippen LogP) is 3.55. The molecular formula is C17H15Cl2N3O2. The van der Waals surface area contributed by atoms with Crippen LogP contribution < -0.4 is 5.32 Å². The van der Waals surface area contributed by atoms with Crippen LogP contribution in [0.4, 0.5) is 5.69 Å². The van der Waals surface area contributed by atoms with E-state index >= 15 is 0 Å². The Morgan fingerprint density at radius 2 is 2.04 bits per heavy atom. The molecule has 0 radical (unpaired) electrons. The topological polar surface area (TPSA) is 62.3 Å². The van der Waals surface area contributed by atoms with Crippen molar-refractivity contribution in [2.24, 2.45) is 0 Å². The number of aromatic nitrogens is 1. The van der Waals surface area contributed by atoms with Crippen LogP contribution in [0, 0.1) is 0 Å². The molecule has 2 aromatic rings. The van der Waals surface area contributed by atoms with Crippen molar-refractivity contribution in [1.29, 1.82) is 0 Å². The second-order valence-electron chi connectivity index (χ2n) is 5.59. The fourth-order valence-electron chi connectivity index (χ4n) is 2.74. The van der Waals surface area contributed by atoms with Crippen molar-refractivity contribution in [2.75, 3.05) is 11.9 Å². The second-order valence-corrected chi connectivity index (χ2v) is 6.44. The number of pyridine rings is 1. The monoisotopic (exact) mass is 363 g/mol. The third-order valence-corrected chi connectivity index (χ3v) is 4.56. The first-order valence-corrected chi connectivity index (χ1v) is 8.19. The molecular weight excluding hydrogens is 349 g/mol. The first kappa shape index (κ1) is 16.7. The van der Waals surface area contributed by atoms with Crippen molar-refractivity contribution in [3.8, 4) is 0 Å². The highest BCUT2D eigenvalue weighted by Crippen LogP contribution is 2.27. The molecule has 1 aromatic heterocycles. The van der Waals surface area contributed by atoms with Gasteiger partial charge in [-0.25, -0.2) is 0 Å². The third kappa shape index (κ3) is 3.37. The normalized spacial score (nSPS) is 13.4. The van der Waals surface area contributed by atoms with E-state index in [4.69, 9.17) is 23.2 Å². The number of benzene rings is 1. The Kier molecular flexibility index (Phi) is 4.73. The van der Waals surface area contributed by atoms with Crippen LogP contribution >= 0.6 is 23.2 Å². The van der Waals surface area contributed by atoms with E-state index in [0.717, 1.165) is 11.1 Å². The summed E-state index contributed by atoms with van der Waals surface area (Å²) in [5, 5.41) is 3.66. The quantitative estimate of drug-likeness (QED) is 0.887. The van der Waals surface area contributed by atoms with Crippen LogP contribution in [-0.4, -0.2) is 28.2 Å². The second kappa shape index (κ2) is 6.79. The summed E-state index contributed by atoms with van der Waals surface area (Å²) in [7, 11) is 0. The summed E-state index contributed by atoms with van der Waals surface area (Å²) in [5.41, 5.74) is 2.81. The Morgan fingerprint density at radius 1 is 1.25 bits per heavy atom. The number of carbonyl (C=O) groups excluding carboxylic acids is 2. The van der Waals surface area contributed by atoms with Gasteiger partial charge in [0.1, 0.15) is 0 Å². The molecule has 1 aliphatic rings. The Morgan fingerprint density at radius 3 is 2.75 bits per heavy atom. The lowest BCUT2D eigenvalue weighted by Crippen LogP contribution is -2.35. The van der Waals surface area contributed by atoms with E-state index in [0.29, 0.717) is 40.8 Å². The Bertz CT molecular complexity index is 823. The van der Waals surface area contributed by atoms with Crippen molar-refractivity contribution in [3.05, 3.63) is 57.3 Å². The van der Waals surface area contributed by atoms with Gasteiger partial charge in [0.2, 0.25) is 5.91 Å². The molecule has 0 bridgehead atoms. The third-order valence-electron chi connectivity index (χ3n) is 4.01. The zero-order chi connectivity index (χ0) is 17.3. The molecule has 7 heteroatoms. The number of rotatable bonds is 2. The lowest BCUT2D eigenvalue weighted by molar-refractivity contribution is -0.129. The summed E-state index contributed by atoms with van der Waals surface area (Å²) in [5.74, 6) is -0.261. The van der Waals surface area contributed by atoms with E-state index < -0.39 is 0 Å². The number of nitrogens with zero attached hydrogens (tertiary/aromatic N) is 2. The summed E-state index contributed by atoms with van der Waals surface area (Å²) in [4.78, 5) is 30.0. The van der Waals surface area contributed by atoms with E-state index in [1.54, 1.807) is 35.5 Å². The number of anilines is 1. The molecule has 0 aliphatic carbocycles. The maximum absolute atomic E-state index is 12.6. The molecule has 124 valence electrons. The largest absolute Gasteiger partial charge is 0.338 e. The first-order valence-electron chi connectivity index (χ1n) is 7.43. The van der Waals surface area contributed by atoms with Gasteiger partial charge in [-0.1, -0.05) is 23.2 Å². The van der Waals surface area contributed by atoms with Gasteiger partial charge < -0.3 is 10.2 Å². The number of nitrogens with one attached hydrogen (secondary N) is 1. The van der Waals surface area contributed by atoms with Gasteiger partial charge in [0.25, 0.3) is 5.91 Å². The molecule has 3 rings (SSSR count). The molecule has 0 saturated heterocycles. The highest BCUT2D eigenvalue weighted by atomic mass is 35.5. The van der Waals surface area contributed by atoms with E-state index in [9.17, 15) is 9.59 Å². The van der Waals surface area contributed by atoms with Gasteiger partial charge in [-0.3, -0.25) is 14.6 Å². The summed E-state index contributed by atoms with van der Waals surface area (Å²) < 4.78 is 0. The smallest absolute Gasteiger partial charge is 0.257 e. The van der Waals surface area contributed by atoms with Crippen molar-refractivity contribution < 1.29 is 9.59 Å². The maximum Gasteiger partial charge on any atom is 0.257 e. The van der Waals surface area contributed by atoms with Crippen LogP contribution in [0.25, 0.3) is 0 Å². The van der Waals surface area contributed by atoms with Gasteiger partial charge in [0, 0.05) is 37.4 Å². The summed E-state index contributed by atoms with van der Waals surface area (Å²) in [6.07, 6.45) is 3.87. The van der Waals surface area contributed by atoms with Crippen LogP contribution in [0.2, 0.25) is 10.0 Å². The molecule has 1 N–H and O–H groups in total. The van der Waals surface area contributed by atoms with Crippen LogP contribution in [0.1, 0.15) is 28.4 Å². The van der Waals surface area contributed by atoms with Crippen LogP contribution in [-0.2, 0) is 17.8 Å². The molecule has 0 fully saturated rings. The molecule has 2 heterocycles. The van der Waals surface area contributed by atoms with Crippen LogP contribution in [0.15, 0.2) is 30.6 Å². The average molecular weight is 364 g/mol. The van der Waals surface area contributed by atoms with E-state index in [1.165, 1.54) is 6.92 Å². The Hall–Kier alpha value is -2.11. The van der Waals surface area contributed by atoms with Gasteiger partial charge in [0.05, 0.1) is 16.3 Å². The van der Waals surface area contributed by atoms with Gasteiger partial charge in [-0.2, -0.15) is 0 Å². The van der Waals surface area contributed by atoms with E-state index in [-0.39, 0.29) is 11.8 Å². The van der Waals surface area contributed by atoms with Gasteiger partial charge in [-0.15, -0.1) is 0 Å².